The number of piperidine rings is 1. The zero-order valence-corrected chi connectivity index (χ0v) is 15.2. The molecule has 2 unspecified atom stereocenters. The third-order valence-electron chi connectivity index (χ3n) is 5.55. The zero-order chi connectivity index (χ0) is 19.0. The lowest BCUT2D eigenvalue weighted by molar-refractivity contribution is -0.137. The minimum atomic E-state index is -0.310. The Kier molecular flexibility index (Phi) is 4.68. The number of hydrogen-bond donors (Lipinski definition) is 0. The van der Waals surface area contributed by atoms with Gasteiger partial charge in [0.15, 0.2) is 0 Å². The minimum absolute atomic E-state index is 0.0261. The van der Waals surface area contributed by atoms with Crippen LogP contribution in [0.5, 0.6) is 5.75 Å². The maximum Gasteiger partial charge on any atom is 0.267 e. The number of aromatic nitrogens is 2. The van der Waals surface area contributed by atoms with Crippen LogP contribution in [0, 0.1) is 18.7 Å². The van der Waals surface area contributed by atoms with Crippen LogP contribution in [0.2, 0.25) is 0 Å². The Morgan fingerprint density at radius 3 is 2.78 bits per heavy atom. The average Bonchev–Trinajstić information content (AvgIpc) is 3.25. The SMILES string of the molecule is Cc1ccc(=O)n(CC(=O)N2C3CCC(C3)[C@@H]2COc2ccc(F)cc2)n1. The van der Waals surface area contributed by atoms with Crippen molar-refractivity contribution in [3.8, 4) is 5.75 Å². The second kappa shape index (κ2) is 7.13. The van der Waals surface area contributed by atoms with Gasteiger partial charge in [0.25, 0.3) is 5.56 Å². The van der Waals surface area contributed by atoms with Crippen LogP contribution in [0.15, 0.2) is 41.2 Å². The van der Waals surface area contributed by atoms with Crippen molar-refractivity contribution in [3.05, 3.63) is 58.3 Å². The molecule has 2 aromatic rings. The summed E-state index contributed by atoms with van der Waals surface area (Å²) in [5.41, 5.74) is 0.416. The minimum Gasteiger partial charge on any atom is -0.491 e. The largest absolute Gasteiger partial charge is 0.491 e. The van der Waals surface area contributed by atoms with Crippen molar-refractivity contribution in [2.24, 2.45) is 5.92 Å². The number of halogens is 1. The van der Waals surface area contributed by atoms with Crippen LogP contribution in [0.3, 0.4) is 0 Å². The smallest absolute Gasteiger partial charge is 0.267 e. The Morgan fingerprint density at radius 2 is 2.00 bits per heavy atom. The highest BCUT2D eigenvalue weighted by atomic mass is 19.1. The first-order valence-corrected chi connectivity index (χ1v) is 9.25. The lowest BCUT2D eigenvalue weighted by Crippen LogP contribution is -2.49. The van der Waals surface area contributed by atoms with E-state index in [9.17, 15) is 14.0 Å². The van der Waals surface area contributed by atoms with E-state index in [0.29, 0.717) is 24.0 Å². The summed E-state index contributed by atoms with van der Waals surface area (Å²) in [5, 5.41) is 4.16. The molecule has 0 N–H and O–H groups in total. The number of carbonyl (C=O) groups is 1. The maximum atomic E-state index is 13.0. The molecule has 2 aliphatic rings. The first kappa shape index (κ1) is 17.7. The first-order valence-electron chi connectivity index (χ1n) is 9.25. The summed E-state index contributed by atoms with van der Waals surface area (Å²) in [6, 6.07) is 9.13. The van der Waals surface area contributed by atoms with Gasteiger partial charge in [-0.15, -0.1) is 0 Å². The van der Waals surface area contributed by atoms with Crippen molar-refractivity contribution in [2.75, 3.05) is 6.61 Å². The molecule has 7 heteroatoms. The predicted molar refractivity (Wildman–Crippen MR) is 96.9 cm³/mol. The number of nitrogens with zero attached hydrogens (tertiary/aromatic N) is 3. The number of carbonyl (C=O) groups excluding carboxylic acids is 1. The van der Waals surface area contributed by atoms with E-state index >= 15 is 0 Å². The van der Waals surface area contributed by atoms with Gasteiger partial charge in [-0.25, -0.2) is 9.07 Å². The monoisotopic (exact) mass is 371 g/mol. The fourth-order valence-electron chi connectivity index (χ4n) is 4.28. The van der Waals surface area contributed by atoms with Crippen LogP contribution in [0.4, 0.5) is 4.39 Å². The summed E-state index contributed by atoms with van der Waals surface area (Å²) in [6.45, 7) is 2.10. The number of likely N-dealkylation sites (tertiary alicyclic amines) is 1. The fraction of sp³-hybridized carbons (Fsp3) is 0.450. The van der Waals surface area contributed by atoms with Crippen molar-refractivity contribution in [1.29, 1.82) is 0 Å². The van der Waals surface area contributed by atoms with E-state index < -0.39 is 0 Å². The van der Waals surface area contributed by atoms with E-state index in [-0.39, 0.29) is 35.9 Å². The number of ether oxygens (including phenoxy) is 1. The number of fused-ring (bicyclic) bond motifs is 2. The highest BCUT2D eigenvalue weighted by Crippen LogP contribution is 2.42. The molecular weight excluding hydrogens is 349 g/mol. The molecule has 4 rings (SSSR count). The van der Waals surface area contributed by atoms with Gasteiger partial charge >= 0.3 is 0 Å². The molecule has 0 radical (unpaired) electrons. The van der Waals surface area contributed by atoms with Crippen molar-refractivity contribution in [3.63, 3.8) is 0 Å². The number of amides is 1. The van der Waals surface area contributed by atoms with Gasteiger partial charge in [-0.3, -0.25) is 9.59 Å². The molecule has 27 heavy (non-hydrogen) atoms. The van der Waals surface area contributed by atoms with Crippen LogP contribution in [0.1, 0.15) is 25.0 Å². The third-order valence-corrected chi connectivity index (χ3v) is 5.55. The summed E-state index contributed by atoms with van der Waals surface area (Å²) < 4.78 is 20.1. The van der Waals surface area contributed by atoms with Crippen molar-refractivity contribution < 1.29 is 13.9 Å². The number of aryl methyl sites for hydroxylation is 1. The Labute approximate surface area is 156 Å². The molecule has 1 aliphatic heterocycles. The second-order valence-corrected chi connectivity index (χ2v) is 7.33. The molecule has 1 saturated heterocycles. The molecule has 3 atom stereocenters. The molecule has 1 aromatic heterocycles. The second-order valence-electron chi connectivity index (χ2n) is 7.33. The van der Waals surface area contributed by atoms with Crippen molar-refractivity contribution >= 4 is 5.91 Å². The number of hydrogen-bond acceptors (Lipinski definition) is 4. The molecule has 6 nitrogen and oxygen atoms in total. The summed E-state index contributed by atoms with van der Waals surface area (Å²) in [5.74, 6) is 0.579. The van der Waals surface area contributed by atoms with E-state index in [1.54, 1.807) is 25.1 Å². The van der Waals surface area contributed by atoms with Gasteiger partial charge in [0.2, 0.25) is 5.91 Å². The number of rotatable bonds is 5. The zero-order valence-electron chi connectivity index (χ0n) is 15.2. The third kappa shape index (κ3) is 3.59. The molecule has 1 saturated carbocycles. The van der Waals surface area contributed by atoms with Gasteiger partial charge in [-0.05, 0) is 62.4 Å². The molecule has 1 aliphatic carbocycles. The molecule has 142 valence electrons. The molecule has 1 aromatic carbocycles. The number of benzene rings is 1. The van der Waals surface area contributed by atoms with Crippen LogP contribution in [0.25, 0.3) is 0 Å². The Balaban J connectivity index is 1.47. The molecule has 2 fully saturated rings. The van der Waals surface area contributed by atoms with E-state index in [4.69, 9.17) is 4.74 Å². The summed E-state index contributed by atoms with van der Waals surface area (Å²) >= 11 is 0. The summed E-state index contributed by atoms with van der Waals surface area (Å²) in [4.78, 5) is 26.8. The molecule has 0 spiro atoms. The predicted octanol–water partition coefficient (Wildman–Crippen LogP) is 2.15. The Hall–Kier alpha value is -2.70. The first-order chi connectivity index (χ1) is 13.0. The van der Waals surface area contributed by atoms with Gasteiger partial charge in [0.1, 0.15) is 24.7 Å². The molecule has 2 heterocycles. The summed E-state index contributed by atoms with van der Waals surface area (Å²) in [6.07, 6.45) is 3.04. The Morgan fingerprint density at radius 1 is 1.22 bits per heavy atom. The van der Waals surface area contributed by atoms with E-state index in [1.165, 1.54) is 22.9 Å². The van der Waals surface area contributed by atoms with Gasteiger partial charge in [0.05, 0.1) is 11.7 Å². The average molecular weight is 371 g/mol. The van der Waals surface area contributed by atoms with Crippen LogP contribution in [-0.2, 0) is 11.3 Å². The van der Waals surface area contributed by atoms with E-state index in [0.717, 1.165) is 19.3 Å². The fourth-order valence-corrected chi connectivity index (χ4v) is 4.28. The standard InChI is InChI=1S/C20H22FN3O3/c1-13-2-9-19(25)23(22-13)11-20(26)24-16-6-3-14(10-16)18(24)12-27-17-7-4-15(21)5-8-17/h2,4-5,7-9,14,16,18H,3,6,10-12H2,1H3/t14?,16?,18-/m0/s1. The topological polar surface area (TPSA) is 64.4 Å². The van der Waals surface area contributed by atoms with Crippen LogP contribution in [-0.4, -0.2) is 39.3 Å². The molecule has 1 amide bonds. The van der Waals surface area contributed by atoms with Gasteiger partial charge in [0, 0.05) is 12.1 Å². The lowest BCUT2D eigenvalue weighted by Gasteiger charge is -2.35. The molecular formula is C20H22FN3O3. The summed E-state index contributed by atoms with van der Waals surface area (Å²) in [7, 11) is 0. The van der Waals surface area contributed by atoms with Crippen LogP contribution >= 0.6 is 0 Å². The highest BCUT2D eigenvalue weighted by molar-refractivity contribution is 5.77. The highest BCUT2D eigenvalue weighted by Gasteiger charge is 2.48. The van der Waals surface area contributed by atoms with Gasteiger partial charge in [-0.1, -0.05) is 0 Å². The van der Waals surface area contributed by atoms with Crippen LogP contribution < -0.4 is 10.3 Å². The van der Waals surface area contributed by atoms with Gasteiger partial charge < -0.3 is 9.64 Å². The van der Waals surface area contributed by atoms with Crippen molar-refractivity contribution in [2.45, 2.75) is 44.8 Å². The maximum absolute atomic E-state index is 13.0. The van der Waals surface area contributed by atoms with E-state index in [1.807, 2.05) is 4.90 Å². The normalized spacial score (nSPS) is 23.6. The molecule has 2 bridgehead atoms. The lowest BCUT2D eigenvalue weighted by atomic mass is 9.99. The van der Waals surface area contributed by atoms with E-state index in [2.05, 4.69) is 5.10 Å². The quantitative estimate of drug-likeness (QED) is 0.808. The van der Waals surface area contributed by atoms with Gasteiger partial charge in [-0.2, -0.15) is 5.10 Å². The van der Waals surface area contributed by atoms with Crippen molar-refractivity contribution in [1.82, 2.24) is 14.7 Å². The Bertz CT molecular complexity index is 896.